The van der Waals surface area contributed by atoms with E-state index in [1.165, 1.54) is 12.1 Å². The molecular formula is C15H13N3O2S. The molecule has 1 aromatic heterocycles. The van der Waals surface area contributed by atoms with Crippen LogP contribution in [0.2, 0.25) is 0 Å². The molecule has 0 aliphatic rings. The summed E-state index contributed by atoms with van der Waals surface area (Å²) in [6.07, 6.45) is 0.609. The smallest absolute Gasteiger partial charge is 0.269 e. The molecule has 21 heavy (non-hydrogen) atoms. The lowest BCUT2D eigenvalue weighted by atomic mass is 10.1. The highest BCUT2D eigenvalue weighted by Gasteiger charge is 2.13. The highest BCUT2D eigenvalue weighted by Crippen LogP contribution is 2.27. The van der Waals surface area contributed by atoms with E-state index < -0.39 is 4.92 Å². The number of non-ortho nitro benzene ring substituents is 1. The van der Waals surface area contributed by atoms with Crippen molar-refractivity contribution < 1.29 is 4.92 Å². The SMILES string of the molecule is NC(Cc1ccc([N+](=O)[O-])cc1)c1nc2ccccc2s1. The van der Waals surface area contributed by atoms with E-state index in [2.05, 4.69) is 4.98 Å². The maximum Gasteiger partial charge on any atom is 0.269 e. The fraction of sp³-hybridized carbons (Fsp3) is 0.133. The van der Waals surface area contributed by atoms with Crippen molar-refractivity contribution in [3.05, 3.63) is 69.2 Å². The Morgan fingerprint density at radius 2 is 1.90 bits per heavy atom. The monoisotopic (exact) mass is 299 g/mol. The summed E-state index contributed by atoms with van der Waals surface area (Å²) >= 11 is 1.59. The molecule has 0 radical (unpaired) electrons. The van der Waals surface area contributed by atoms with Crippen molar-refractivity contribution >= 4 is 27.2 Å². The van der Waals surface area contributed by atoms with E-state index in [1.54, 1.807) is 23.5 Å². The van der Waals surface area contributed by atoms with Gasteiger partial charge in [0, 0.05) is 12.1 Å². The normalized spacial score (nSPS) is 12.4. The number of para-hydroxylation sites is 1. The third-order valence-electron chi connectivity index (χ3n) is 3.23. The second-order valence-corrected chi connectivity index (χ2v) is 5.82. The number of benzene rings is 2. The molecule has 2 aromatic carbocycles. The highest BCUT2D eigenvalue weighted by molar-refractivity contribution is 7.18. The molecule has 3 rings (SSSR count). The van der Waals surface area contributed by atoms with Crippen molar-refractivity contribution in [3.63, 3.8) is 0 Å². The van der Waals surface area contributed by atoms with Gasteiger partial charge in [0.05, 0.1) is 21.2 Å². The molecule has 3 aromatic rings. The summed E-state index contributed by atoms with van der Waals surface area (Å²) in [5, 5.41) is 11.5. The number of thiazole rings is 1. The summed E-state index contributed by atoms with van der Waals surface area (Å²) in [6, 6.07) is 14.2. The Kier molecular flexibility index (Phi) is 3.64. The Labute approximate surface area is 125 Å². The van der Waals surface area contributed by atoms with Crippen molar-refractivity contribution in [1.29, 1.82) is 0 Å². The first kappa shape index (κ1) is 13.7. The molecule has 1 atom stereocenters. The lowest BCUT2D eigenvalue weighted by Gasteiger charge is -2.08. The molecule has 0 spiro atoms. The van der Waals surface area contributed by atoms with Crippen molar-refractivity contribution in [2.45, 2.75) is 12.5 Å². The third-order valence-corrected chi connectivity index (χ3v) is 4.40. The third kappa shape index (κ3) is 2.91. The molecule has 0 bridgehead atoms. The predicted molar refractivity (Wildman–Crippen MR) is 83.3 cm³/mol. The van der Waals surface area contributed by atoms with Gasteiger partial charge in [0.2, 0.25) is 0 Å². The molecule has 1 unspecified atom stereocenters. The summed E-state index contributed by atoms with van der Waals surface area (Å²) < 4.78 is 1.12. The number of nitro benzene ring substituents is 1. The Balaban J connectivity index is 1.78. The van der Waals surface area contributed by atoms with Crippen molar-refractivity contribution in [2.24, 2.45) is 5.73 Å². The van der Waals surface area contributed by atoms with Gasteiger partial charge in [-0.1, -0.05) is 24.3 Å². The topological polar surface area (TPSA) is 82.0 Å². The summed E-state index contributed by atoms with van der Waals surface area (Å²) in [5.41, 5.74) is 8.21. The van der Waals surface area contributed by atoms with E-state index in [1.807, 2.05) is 24.3 Å². The van der Waals surface area contributed by atoms with Gasteiger partial charge in [-0.15, -0.1) is 11.3 Å². The van der Waals surface area contributed by atoms with Gasteiger partial charge in [0.25, 0.3) is 5.69 Å². The second kappa shape index (κ2) is 5.59. The zero-order chi connectivity index (χ0) is 14.8. The van der Waals surface area contributed by atoms with E-state index in [9.17, 15) is 10.1 Å². The van der Waals surface area contributed by atoms with E-state index in [0.717, 1.165) is 20.8 Å². The first-order valence-corrected chi connectivity index (χ1v) is 7.29. The molecule has 0 aliphatic heterocycles. The minimum Gasteiger partial charge on any atom is -0.322 e. The molecule has 1 heterocycles. The van der Waals surface area contributed by atoms with Gasteiger partial charge in [0.15, 0.2) is 0 Å². The average Bonchev–Trinajstić information content (AvgIpc) is 2.92. The van der Waals surface area contributed by atoms with Gasteiger partial charge in [-0.2, -0.15) is 0 Å². The minimum absolute atomic E-state index is 0.0901. The van der Waals surface area contributed by atoms with Crippen LogP contribution in [0.1, 0.15) is 16.6 Å². The average molecular weight is 299 g/mol. The summed E-state index contributed by atoms with van der Waals surface area (Å²) in [4.78, 5) is 14.8. The van der Waals surface area contributed by atoms with Crippen LogP contribution in [0.25, 0.3) is 10.2 Å². The van der Waals surface area contributed by atoms with Gasteiger partial charge >= 0.3 is 0 Å². The Morgan fingerprint density at radius 3 is 2.57 bits per heavy atom. The lowest BCUT2D eigenvalue weighted by molar-refractivity contribution is -0.384. The fourth-order valence-electron chi connectivity index (χ4n) is 2.14. The van der Waals surface area contributed by atoms with Crippen LogP contribution >= 0.6 is 11.3 Å². The van der Waals surface area contributed by atoms with Crippen molar-refractivity contribution in [1.82, 2.24) is 4.98 Å². The molecule has 6 heteroatoms. The van der Waals surface area contributed by atoms with Gasteiger partial charge in [-0.3, -0.25) is 10.1 Å². The van der Waals surface area contributed by atoms with Crippen molar-refractivity contribution in [3.8, 4) is 0 Å². The summed E-state index contributed by atoms with van der Waals surface area (Å²) in [7, 11) is 0. The largest absolute Gasteiger partial charge is 0.322 e. The van der Waals surface area contributed by atoms with E-state index >= 15 is 0 Å². The summed E-state index contributed by atoms with van der Waals surface area (Å²) in [6.45, 7) is 0. The molecule has 0 amide bonds. The van der Waals surface area contributed by atoms with Crippen LogP contribution in [0.3, 0.4) is 0 Å². The van der Waals surface area contributed by atoms with Crippen LogP contribution in [0, 0.1) is 10.1 Å². The zero-order valence-electron chi connectivity index (χ0n) is 11.1. The van der Waals surface area contributed by atoms with Crippen LogP contribution in [-0.4, -0.2) is 9.91 Å². The molecule has 0 fully saturated rings. The first-order chi connectivity index (χ1) is 10.1. The van der Waals surface area contributed by atoms with Crippen molar-refractivity contribution in [2.75, 3.05) is 0 Å². The van der Waals surface area contributed by atoms with Crippen LogP contribution in [0.4, 0.5) is 5.69 Å². The van der Waals surface area contributed by atoms with Crippen LogP contribution in [0.15, 0.2) is 48.5 Å². The molecule has 5 nitrogen and oxygen atoms in total. The maximum atomic E-state index is 10.6. The van der Waals surface area contributed by atoms with Gasteiger partial charge in [0.1, 0.15) is 5.01 Å². The molecule has 106 valence electrons. The number of nitro groups is 1. The molecule has 2 N–H and O–H groups in total. The highest BCUT2D eigenvalue weighted by atomic mass is 32.1. The zero-order valence-corrected chi connectivity index (χ0v) is 11.9. The quantitative estimate of drug-likeness (QED) is 0.591. The standard InChI is InChI=1S/C15H13N3O2S/c16-12(9-10-5-7-11(8-6-10)18(19)20)15-17-13-3-1-2-4-14(13)21-15/h1-8,12H,9,16H2. The number of aromatic nitrogens is 1. The lowest BCUT2D eigenvalue weighted by Crippen LogP contribution is -2.12. The number of hydrogen-bond donors (Lipinski definition) is 1. The number of hydrogen-bond acceptors (Lipinski definition) is 5. The Hall–Kier alpha value is -2.31. The number of rotatable bonds is 4. The molecule has 0 saturated carbocycles. The molecular weight excluding hydrogens is 286 g/mol. The predicted octanol–water partition coefficient (Wildman–Crippen LogP) is 3.45. The summed E-state index contributed by atoms with van der Waals surface area (Å²) in [5.74, 6) is 0. The molecule has 0 saturated heterocycles. The van der Waals surface area contributed by atoms with Gasteiger partial charge < -0.3 is 5.73 Å². The van der Waals surface area contributed by atoms with Crippen LogP contribution in [0.5, 0.6) is 0 Å². The number of fused-ring (bicyclic) bond motifs is 1. The fourth-order valence-corrected chi connectivity index (χ4v) is 3.11. The molecule has 0 aliphatic carbocycles. The van der Waals surface area contributed by atoms with Crippen LogP contribution in [-0.2, 0) is 6.42 Å². The van der Waals surface area contributed by atoms with E-state index in [0.29, 0.717) is 6.42 Å². The number of nitrogens with two attached hydrogens (primary N) is 1. The Morgan fingerprint density at radius 1 is 1.19 bits per heavy atom. The maximum absolute atomic E-state index is 10.6. The number of nitrogens with zero attached hydrogens (tertiary/aromatic N) is 2. The minimum atomic E-state index is -0.406. The first-order valence-electron chi connectivity index (χ1n) is 6.48. The van der Waals surface area contributed by atoms with Crippen LogP contribution < -0.4 is 5.73 Å². The van der Waals surface area contributed by atoms with E-state index in [-0.39, 0.29) is 11.7 Å². The van der Waals surface area contributed by atoms with Gasteiger partial charge in [-0.05, 0) is 24.1 Å². The Bertz CT molecular complexity index is 750. The van der Waals surface area contributed by atoms with E-state index in [4.69, 9.17) is 5.73 Å². The second-order valence-electron chi connectivity index (χ2n) is 4.75. The van der Waals surface area contributed by atoms with Gasteiger partial charge in [-0.25, -0.2) is 4.98 Å².